The summed E-state index contributed by atoms with van der Waals surface area (Å²) in [7, 11) is 1.56. The van der Waals surface area contributed by atoms with Gasteiger partial charge in [-0.2, -0.15) is 0 Å². The minimum Gasteiger partial charge on any atom is -0.495 e. The smallest absolute Gasteiger partial charge is 0.322 e. The molecule has 142 valence electrons. The van der Waals surface area contributed by atoms with Crippen LogP contribution < -0.4 is 15.4 Å². The van der Waals surface area contributed by atoms with E-state index in [1.807, 2.05) is 44.2 Å². The number of hydrogen-bond donors (Lipinski definition) is 2. The Labute approximate surface area is 159 Å². The average Bonchev–Trinajstić information content (AvgIpc) is 3.14. The van der Waals surface area contributed by atoms with Crippen molar-refractivity contribution in [3.63, 3.8) is 0 Å². The first-order chi connectivity index (χ1) is 13.0. The maximum atomic E-state index is 12.8. The Balaban J connectivity index is 1.70. The van der Waals surface area contributed by atoms with Crippen LogP contribution in [0.15, 0.2) is 42.5 Å². The fourth-order valence-corrected chi connectivity index (χ4v) is 3.39. The first kappa shape index (κ1) is 18.8. The number of methoxy groups -OCH3 is 1. The van der Waals surface area contributed by atoms with Crippen molar-refractivity contribution in [3.8, 4) is 5.75 Å². The summed E-state index contributed by atoms with van der Waals surface area (Å²) in [4.78, 5) is 27.1. The van der Waals surface area contributed by atoms with Gasteiger partial charge in [-0.3, -0.25) is 4.79 Å². The zero-order valence-corrected chi connectivity index (χ0v) is 15.9. The molecule has 1 aliphatic rings. The molecular formula is C21H25N3O3. The highest BCUT2D eigenvalue weighted by Gasteiger charge is 2.34. The highest BCUT2D eigenvalue weighted by atomic mass is 16.5. The van der Waals surface area contributed by atoms with Crippen molar-refractivity contribution >= 4 is 23.3 Å². The third kappa shape index (κ3) is 4.22. The van der Waals surface area contributed by atoms with Crippen LogP contribution in [-0.4, -0.2) is 36.5 Å². The molecule has 0 aromatic heterocycles. The quantitative estimate of drug-likeness (QED) is 0.860. The van der Waals surface area contributed by atoms with Crippen LogP contribution in [0.5, 0.6) is 5.75 Å². The Morgan fingerprint density at radius 1 is 1.07 bits per heavy atom. The first-order valence-corrected chi connectivity index (χ1v) is 9.08. The molecule has 2 aromatic carbocycles. The van der Waals surface area contributed by atoms with E-state index in [-0.39, 0.29) is 11.9 Å². The highest BCUT2D eigenvalue weighted by molar-refractivity contribution is 6.00. The Kier molecular flexibility index (Phi) is 5.64. The van der Waals surface area contributed by atoms with E-state index in [1.54, 1.807) is 24.1 Å². The predicted molar refractivity (Wildman–Crippen MR) is 106 cm³/mol. The van der Waals surface area contributed by atoms with Gasteiger partial charge >= 0.3 is 6.03 Å². The SMILES string of the molecule is COc1ccccc1NC(=O)N1CCC[C@H]1C(=O)Nc1ccc(C)cc1C. The summed E-state index contributed by atoms with van der Waals surface area (Å²) in [6.07, 6.45) is 1.44. The zero-order valence-electron chi connectivity index (χ0n) is 15.9. The van der Waals surface area contributed by atoms with Crippen LogP contribution in [0.1, 0.15) is 24.0 Å². The lowest BCUT2D eigenvalue weighted by Crippen LogP contribution is -2.45. The number of nitrogens with one attached hydrogen (secondary N) is 2. The van der Waals surface area contributed by atoms with Crippen molar-refractivity contribution < 1.29 is 14.3 Å². The Morgan fingerprint density at radius 2 is 1.85 bits per heavy atom. The van der Waals surface area contributed by atoms with Gasteiger partial charge in [-0.15, -0.1) is 0 Å². The molecule has 0 unspecified atom stereocenters. The second kappa shape index (κ2) is 8.12. The number of aryl methyl sites for hydroxylation is 2. The van der Waals surface area contributed by atoms with Crippen LogP contribution in [0.3, 0.4) is 0 Å². The minimum absolute atomic E-state index is 0.158. The topological polar surface area (TPSA) is 70.7 Å². The molecule has 0 saturated carbocycles. The van der Waals surface area contributed by atoms with E-state index >= 15 is 0 Å². The molecule has 2 N–H and O–H groups in total. The lowest BCUT2D eigenvalue weighted by molar-refractivity contribution is -0.119. The van der Waals surface area contributed by atoms with E-state index in [9.17, 15) is 9.59 Å². The number of hydrogen-bond acceptors (Lipinski definition) is 3. The lowest BCUT2D eigenvalue weighted by Gasteiger charge is -2.25. The molecule has 3 amide bonds. The second-order valence-electron chi connectivity index (χ2n) is 6.79. The number of benzene rings is 2. The van der Waals surface area contributed by atoms with Gasteiger partial charge in [0.25, 0.3) is 0 Å². The van der Waals surface area contributed by atoms with Gasteiger partial charge in [-0.25, -0.2) is 4.79 Å². The molecule has 0 radical (unpaired) electrons. The summed E-state index contributed by atoms with van der Waals surface area (Å²) in [5, 5.41) is 5.82. The number of para-hydroxylation sites is 2. The third-order valence-electron chi connectivity index (χ3n) is 4.80. The number of urea groups is 1. The number of carbonyl (C=O) groups excluding carboxylic acids is 2. The number of amides is 3. The summed E-state index contributed by atoms with van der Waals surface area (Å²) in [6, 6.07) is 12.3. The summed E-state index contributed by atoms with van der Waals surface area (Å²) < 4.78 is 5.27. The standard InChI is InChI=1S/C21H25N3O3/c1-14-10-11-16(15(2)13-14)22-20(25)18-8-6-12-24(18)21(26)23-17-7-4-5-9-19(17)27-3/h4-5,7,9-11,13,18H,6,8,12H2,1-3H3,(H,22,25)(H,23,26)/t18-/m0/s1. The maximum Gasteiger partial charge on any atom is 0.322 e. The van der Waals surface area contributed by atoms with Crippen LogP contribution in [0.4, 0.5) is 16.2 Å². The van der Waals surface area contributed by atoms with Gasteiger partial charge in [0.15, 0.2) is 0 Å². The van der Waals surface area contributed by atoms with Gasteiger partial charge in [0.1, 0.15) is 11.8 Å². The summed E-state index contributed by atoms with van der Waals surface area (Å²) >= 11 is 0. The van der Waals surface area contributed by atoms with Gasteiger partial charge in [0.05, 0.1) is 12.8 Å². The molecule has 0 aliphatic carbocycles. The molecule has 1 aliphatic heterocycles. The number of likely N-dealkylation sites (tertiary alicyclic amines) is 1. The largest absolute Gasteiger partial charge is 0.495 e. The van der Waals surface area contributed by atoms with Crippen LogP contribution >= 0.6 is 0 Å². The normalized spacial score (nSPS) is 16.1. The maximum absolute atomic E-state index is 12.8. The van der Waals surface area contributed by atoms with Crippen molar-refractivity contribution in [1.29, 1.82) is 0 Å². The Morgan fingerprint density at radius 3 is 2.59 bits per heavy atom. The highest BCUT2D eigenvalue weighted by Crippen LogP contribution is 2.26. The van der Waals surface area contributed by atoms with E-state index in [0.717, 1.165) is 23.2 Å². The van der Waals surface area contributed by atoms with Crippen molar-refractivity contribution in [3.05, 3.63) is 53.6 Å². The molecule has 6 heteroatoms. The Hall–Kier alpha value is -3.02. The van der Waals surface area contributed by atoms with Gasteiger partial charge < -0.3 is 20.3 Å². The third-order valence-corrected chi connectivity index (χ3v) is 4.80. The van der Waals surface area contributed by atoms with E-state index in [1.165, 1.54) is 0 Å². The number of carbonyl (C=O) groups is 2. The van der Waals surface area contributed by atoms with Crippen molar-refractivity contribution in [2.45, 2.75) is 32.7 Å². The van der Waals surface area contributed by atoms with Crippen LogP contribution in [-0.2, 0) is 4.79 Å². The van der Waals surface area contributed by atoms with Crippen molar-refractivity contribution in [2.75, 3.05) is 24.3 Å². The summed E-state index contributed by atoms with van der Waals surface area (Å²) in [6.45, 7) is 4.52. The van der Waals surface area contributed by atoms with Gasteiger partial charge in [-0.05, 0) is 50.5 Å². The fourth-order valence-electron chi connectivity index (χ4n) is 3.39. The first-order valence-electron chi connectivity index (χ1n) is 9.08. The zero-order chi connectivity index (χ0) is 19.4. The van der Waals surface area contributed by atoms with E-state index in [4.69, 9.17) is 4.74 Å². The minimum atomic E-state index is -0.486. The molecule has 6 nitrogen and oxygen atoms in total. The summed E-state index contributed by atoms with van der Waals surface area (Å²) in [5.74, 6) is 0.427. The molecular weight excluding hydrogens is 342 g/mol. The van der Waals surface area contributed by atoms with Crippen molar-refractivity contribution in [2.24, 2.45) is 0 Å². The molecule has 0 bridgehead atoms. The van der Waals surface area contributed by atoms with Gasteiger partial charge in [0.2, 0.25) is 5.91 Å². The molecule has 2 aromatic rings. The van der Waals surface area contributed by atoms with Crippen molar-refractivity contribution in [1.82, 2.24) is 4.90 Å². The number of rotatable bonds is 4. The molecule has 0 spiro atoms. The van der Waals surface area contributed by atoms with E-state index < -0.39 is 6.04 Å². The molecule has 27 heavy (non-hydrogen) atoms. The molecule has 1 heterocycles. The number of ether oxygens (including phenoxy) is 1. The molecule has 1 saturated heterocycles. The summed E-state index contributed by atoms with van der Waals surface area (Å²) in [5.41, 5.74) is 3.52. The van der Waals surface area contributed by atoms with Gasteiger partial charge in [-0.1, -0.05) is 29.8 Å². The second-order valence-corrected chi connectivity index (χ2v) is 6.79. The molecule has 1 fully saturated rings. The average molecular weight is 367 g/mol. The molecule has 3 rings (SSSR count). The Bertz CT molecular complexity index is 850. The monoisotopic (exact) mass is 367 g/mol. The fraction of sp³-hybridized carbons (Fsp3) is 0.333. The predicted octanol–water partition coefficient (Wildman–Crippen LogP) is 3.95. The van der Waals surface area contributed by atoms with Crippen LogP contribution in [0, 0.1) is 13.8 Å². The number of anilines is 2. The van der Waals surface area contributed by atoms with Gasteiger partial charge in [0, 0.05) is 12.2 Å². The lowest BCUT2D eigenvalue weighted by atomic mass is 10.1. The number of nitrogens with zero attached hydrogens (tertiary/aromatic N) is 1. The van der Waals surface area contributed by atoms with E-state index in [0.29, 0.717) is 24.4 Å². The van der Waals surface area contributed by atoms with Crippen LogP contribution in [0.25, 0.3) is 0 Å². The molecule has 1 atom stereocenters. The van der Waals surface area contributed by atoms with Crippen LogP contribution in [0.2, 0.25) is 0 Å². The van der Waals surface area contributed by atoms with E-state index in [2.05, 4.69) is 10.6 Å².